The minimum Gasteiger partial charge on any atom is -0.271 e. The first-order valence-corrected chi connectivity index (χ1v) is 8.07. The van der Waals surface area contributed by atoms with E-state index < -0.39 is 10.0 Å². The molecule has 1 aromatic heterocycles. The van der Waals surface area contributed by atoms with Gasteiger partial charge in [0.15, 0.2) is 0 Å². The van der Waals surface area contributed by atoms with Gasteiger partial charge in [-0.2, -0.15) is 9.40 Å². The van der Waals surface area contributed by atoms with Gasteiger partial charge in [0.05, 0.1) is 11.4 Å². The molecule has 2 bridgehead atoms. The van der Waals surface area contributed by atoms with E-state index in [-0.39, 0.29) is 12.1 Å². The molecule has 0 aromatic carbocycles. The van der Waals surface area contributed by atoms with Crippen molar-refractivity contribution in [2.24, 2.45) is 7.05 Å². The molecule has 0 amide bonds. The third-order valence-corrected chi connectivity index (χ3v) is 6.46. The lowest BCUT2D eigenvalue weighted by Crippen LogP contribution is -2.42. The van der Waals surface area contributed by atoms with Crippen molar-refractivity contribution in [1.82, 2.24) is 14.1 Å². The van der Waals surface area contributed by atoms with Gasteiger partial charge in [0, 0.05) is 19.1 Å². The zero-order valence-corrected chi connectivity index (χ0v) is 12.3. The Balaban J connectivity index is 2.11. The van der Waals surface area contributed by atoms with Gasteiger partial charge in [-0.15, -0.1) is 0 Å². The van der Waals surface area contributed by atoms with Crippen LogP contribution < -0.4 is 0 Å². The molecule has 1 saturated heterocycles. The highest BCUT2D eigenvalue weighted by molar-refractivity contribution is 7.89. The number of hydrogen-bond donors (Lipinski definition) is 0. The zero-order valence-electron chi connectivity index (χ0n) is 11.5. The number of nitrogens with zero attached hydrogens (tertiary/aromatic N) is 3. The molecule has 1 aromatic rings. The molecular formula is C13H19N3O2S. The number of rotatable bonds is 2. The predicted molar refractivity (Wildman–Crippen MR) is 72.3 cm³/mol. The Morgan fingerprint density at radius 1 is 1.32 bits per heavy atom. The van der Waals surface area contributed by atoms with Crippen LogP contribution in [-0.2, 0) is 17.1 Å². The van der Waals surface area contributed by atoms with Crippen LogP contribution in [0.5, 0.6) is 0 Å². The summed E-state index contributed by atoms with van der Waals surface area (Å²) in [6.07, 6.45) is 6.85. The SMILES string of the molecule is Cc1nn(C)c(C)c1S(=O)(=O)N1C2C=CCC1CC2. The van der Waals surface area contributed by atoms with Gasteiger partial charge >= 0.3 is 0 Å². The molecule has 19 heavy (non-hydrogen) atoms. The molecule has 2 aliphatic rings. The van der Waals surface area contributed by atoms with E-state index >= 15 is 0 Å². The number of hydrogen-bond acceptors (Lipinski definition) is 3. The van der Waals surface area contributed by atoms with Crippen LogP contribution in [0, 0.1) is 13.8 Å². The minimum absolute atomic E-state index is 0.0303. The second-order valence-corrected chi connectivity index (χ2v) is 7.20. The van der Waals surface area contributed by atoms with E-state index in [1.54, 1.807) is 23.0 Å². The largest absolute Gasteiger partial charge is 0.271 e. The average Bonchev–Trinajstić information content (AvgIpc) is 2.75. The smallest absolute Gasteiger partial charge is 0.247 e. The van der Waals surface area contributed by atoms with Gasteiger partial charge in [0.2, 0.25) is 10.0 Å². The van der Waals surface area contributed by atoms with Crippen molar-refractivity contribution in [3.05, 3.63) is 23.5 Å². The molecule has 104 valence electrons. The van der Waals surface area contributed by atoms with Crippen molar-refractivity contribution in [2.45, 2.75) is 50.1 Å². The molecule has 6 heteroatoms. The van der Waals surface area contributed by atoms with Crippen LogP contribution in [0.2, 0.25) is 0 Å². The van der Waals surface area contributed by atoms with Crippen molar-refractivity contribution < 1.29 is 8.42 Å². The summed E-state index contributed by atoms with van der Waals surface area (Å²) in [5, 5.41) is 4.24. The van der Waals surface area contributed by atoms with Crippen LogP contribution in [0.15, 0.2) is 17.0 Å². The van der Waals surface area contributed by atoms with E-state index in [2.05, 4.69) is 11.2 Å². The quantitative estimate of drug-likeness (QED) is 0.772. The molecule has 1 fully saturated rings. The molecule has 2 atom stereocenters. The highest BCUT2D eigenvalue weighted by atomic mass is 32.2. The Kier molecular flexibility index (Phi) is 2.83. The van der Waals surface area contributed by atoms with E-state index in [1.807, 2.05) is 13.0 Å². The van der Waals surface area contributed by atoms with Crippen molar-refractivity contribution >= 4 is 10.0 Å². The maximum Gasteiger partial charge on any atom is 0.247 e. The van der Waals surface area contributed by atoms with Gasteiger partial charge in [-0.3, -0.25) is 4.68 Å². The van der Waals surface area contributed by atoms with Gasteiger partial charge < -0.3 is 0 Å². The summed E-state index contributed by atoms with van der Waals surface area (Å²) in [7, 11) is -1.66. The summed E-state index contributed by atoms with van der Waals surface area (Å²) in [6, 6.07) is 0.154. The standard InChI is InChI=1S/C13H19N3O2S/c1-9-13(10(2)15(3)14-9)19(17,18)16-11-5-4-6-12(16)8-7-11/h4-5,11-12H,6-8H2,1-3H3. The summed E-state index contributed by atoms with van der Waals surface area (Å²) < 4.78 is 29.2. The monoisotopic (exact) mass is 281 g/mol. The predicted octanol–water partition coefficient (Wildman–Crippen LogP) is 1.52. The van der Waals surface area contributed by atoms with Crippen molar-refractivity contribution in [2.75, 3.05) is 0 Å². The fraction of sp³-hybridized carbons (Fsp3) is 0.615. The highest BCUT2D eigenvalue weighted by Gasteiger charge is 2.44. The van der Waals surface area contributed by atoms with Crippen LogP contribution in [-0.4, -0.2) is 34.6 Å². The van der Waals surface area contributed by atoms with Crippen LogP contribution in [0.25, 0.3) is 0 Å². The second kappa shape index (κ2) is 4.18. The lowest BCUT2D eigenvalue weighted by molar-refractivity contribution is 0.340. The highest BCUT2D eigenvalue weighted by Crippen LogP contribution is 2.37. The van der Waals surface area contributed by atoms with Gasteiger partial charge in [0.25, 0.3) is 0 Å². The number of aromatic nitrogens is 2. The Morgan fingerprint density at radius 3 is 2.63 bits per heavy atom. The first-order chi connectivity index (χ1) is 8.93. The second-order valence-electron chi connectivity index (χ2n) is 5.42. The Bertz CT molecular complexity index is 645. The minimum atomic E-state index is -3.44. The van der Waals surface area contributed by atoms with Crippen molar-refractivity contribution in [3.63, 3.8) is 0 Å². The molecule has 0 N–H and O–H groups in total. The fourth-order valence-electron chi connectivity index (χ4n) is 3.29. The topological polar surface area (TPSA) is 55.2 Å². The van der Waals surface area contributed by atoms with Crippen molar-refractivity contribution in [1.29, 1.82) is 0 Å². The van der Waals surface area contributed by atoms with E-state index in [4.69, 9.17) is 0 Å². The lowest BCUT2D eigenvalue weighted by atomic mass is 10.2. The molecule has 0 aliphatic carbocycles. The van der Waals surface area contributed by atoms with Gasteiger partial charge in [-0.25, -0.2) is 8.42 Å². The zero-order chi connectivity index (χ0) is 13.8. The number of sulfonamides is 1. The molecule has 3 rings (SSSR count). The van der Waals surface area contributed by atoms with E-state index in [0.29, 0.717) is 16.3 Å². The van der Waals surface area contributed by atoms with Gasteiger partial charge in [-0.1, -0.05) is 12.2 Å². The molecular weight excluding hydrogens is 262 g/mol. The molecule has 0 spiro atoms. The lowest BCUT2D eigenvalue weighted by Gasteiger charge is -2.30. The van der Waals surface area contributed by atoms with E-state index in [0.717, 1.165) is 19.3 Å². The van der Waals surface area contributed by atoms with Crippen LogP contribution in [0.4, 0.5) is 0 Å². The van der Waals surface area contributed by atoms with Gasteiger partial charge in [-0.05, 0) is 33.1 Å². The van der Waals surface area contributed by atoms with Crippen LogP contribution in [0.3, 0.4) is 0 Å². The average molecular weight is 281 g/mol. The third-order valence-electron chi connectivity index (χ3n) is 4.23. The number of fused-ring (bicyclic) bond motifs is 2. The normalized spacial score (nSPS) is 27.1. The summed E-state index contributed by atoms with van der Waals surface area (Å²) in [5.41, 5.74) is 1.31. The van der Waals surface area contributed by atoms with E-state index in [1.165, 1.54) is 0 Å². The van der Waals surface area contributed by atoms with Crippen LogP contribution in [0.1, 0.15) is 30.7 Å². The van der Waals surface area contributed by atoms with Gasteiger partial charge in [0.1, 0.15) is 4.90 Å². The van der Waals surface area contributed by atoms with Crippen LogP contribution >= 0.6 is 0 Å². The molecule has 2 aliphatic heterocycles. The maximum absolute atomic E-state index is 12.9. The van der Waals surface area contributed by atoms with E-state index in [9.17, 15) is 8.42 Å². The third kappa shape index (κ3) is 1.77. The summed E-state index contributed by atoms with van der Waals surface area (Å²) in [6.45, 7) is 3.58. The molecule has 0 radical (unpaired) electrons. The first-order valence-electron chi connectivity index (χ1n) is 6.63. The molecule has 3 heterocycles. The summed E-state index contributed by atoms with van der Waals surface area (Å²) >= 11 is 0. The number of aryl methyl sites for hydroxylation is 2. The Hall–Kier alpha value is -1.14. The maximum atomic E-state index is 12.9. The molecule has 2 unspecified atom stereocenters. The Labute approximate surface area is 114 Å². The summed E-state index contributed by atoms with van der Waals surface area (Å²) in [5.74, 6) is 0. The molecule has 5 nitrogen and oxygen atoms in total. The molecule has 0 saturated carbocycles. The first kappa shape index (κ1) is 12.9. The summed E-state index contributed by atoms with van der Waals surface area (Å²) in [4.78, 5) is 0.391. The van der Waals surface area contributed by atoms with Crippen molar-refractivity contribution in [3.8, 4) is 0 Å². The Morgan fingerprint density at radius 2 is 2.05 bits per heavy atom. The fourth-order valence-corrected chi connectivity index (χ4v) is 5.54.